The van der Waals surface area contributed by atoms with Crippen molar-refractivity contribution in [3.8, 4) is 5.75 Å². The molecule has 7 nitrogen and oxygen atoms in total. The molecule has 6 rings (SSSR count). The van der Waals surface area contributed by atoms with Gasteiger partial charge in [-0.3, -0.25) is 4.79 Å². The first-order valence-electron chi connectivity index (χ1n) is 12.1. The molecule has 3 aromatic carbocycles. The van der Waals surface area contributed by atoms with Crippen molar-refractivity contribution < 1.29 is 13.9 Å². The smallest absolute Gasteiger partial charge is 0.278 e. The van der Waals surface area contributed by atoms with Gasteiger partial charge in [0.15, 0.2) is 0 Å². The summed E-state index contributed by atoms with van der Waals surface area (Å²) in [7, 11) is 1.59. The fraction of sp³-hybridized carbons (Fsp3) is 0.0667. The lowest BCUT2D eigenvalue weighted by atomic mass is 9.94. The maximum absolute atomic E-state index is 14.1. The number of hydrazine groups is 1. The molecule has 0 bridgehead atoms. The molecule has 1 atom stereocenters. The summed E-state index contributed by atoms with van der Waals surface area (Å²) >= 11 is 0. The lowest BCUT2D eigenvalue weighted by Crippen LogP contribution is -2.47. The number of rotatable bonds is 6. The molecule has 1 unspecified atom stereocenters. The quantitative estimate of drug-likeness (QED) is 0.318. The van der Waals surface area contributed by atoms with E-state index in [1.165, 1.54) is 6.07 Å². The van der Waals surface area contributed by atoms with Crippen molar-refractivity contribution in [1.29, 1.82) is 0 Å². The number of aromatic nitrogens is 1. The zero-order valence-corrected chi connectivity index (χ0v) is 20.5. The molecule has 0 fully saturated rings. The molecular formula is C30H24FN5O2. The van der Waals surface area contributed by atoms with Crippen molar-refractivity contribution in [3.63, 3.8) is 0 Å². The second-order valence-electron chi connectivity index (χ2n) is 8.82. The molecule has 0 saturated carbocycles. The highest BCUT2D eigenvalue weighted by molar-refractivity contribution is 6.22. The summed E-state index contributed by atoms with van der Waals surface area (Å²) in [6.07, 6.45) is 0. The molecule has 8 heteroatoms. The number of hydrogen-bond donors (Lipinski definition) is 3. The van der Waals surface area contributed by atoms with Gasteiger partial charge in [0.05, 0.1) is 18.7 Å². The SMILES string of the molecule is COc1ccc(C2=C(Nc3cccc(F)n3)NC3=C(c4ccccc4)C(c4ccccc4)NN3C2=O)cc1. The molecule has 2 aliphatic heterocycles. The topological polar surface area (TPSA) is 78.5 Å². The number of ether oxygens (including phenoxy) is 1. The second-order valence-corrected chi connectivity index (χ2v) is 8.82. The number of amides is 1. The second kappa shape index (κ2) is 9.84. The molecule has 0 saturated heterocycles. The van der Waals surface area contributed by atoms with Crippen molar-refractivity contribution in [2.24, 2.45) is 0 Å². The van der Waals surface area contributed by atoms with Crippen LogP contribution in [0.2, 0.25) is 0 Å². The average Bonchev–Trinajstić information content (AvgIpc) is 3.34. The van der Waals surface area contributed by atoms with Gasteiger partial charge in [-0.15, -0.1) is 0 Å². The minimum Gasteiger partial charge on any atom is -0.497 e. The summed E-state index contributed by atoms with van der Waals surface area (Å²) in [6, 6.07) is 31.3. The Hall–Kier alpha value is -4.95. The number of fused-ring (bicyclic) bond motifs is 1. The number of halogens is 1. The first kappa shape index (κ1) is 23.4. The highest BCUT2D eigenvalue weighted by Gasteiger charge is 2.42. The van der Waals surface area contributed by atoms with E-state index in [0.29, 0.717) is 28.5 Å². The Morgan fingerprint density at radius 3 is 2.26 bits per heavy atom. The standard InChI is InChI=1S/C30H24FN5O2/c1-38-22-17-15-20(16-18-22)26-28(33-24-14-8-13-23(31)32-24)34-29-25(19-9-4-2-5-10-19)27(35-36(29)30(26)37)21-11-6-3-7-12-21/h2-18,27,34-35H,1H3,(H,32,33). The number of nitrogens with one attached hydrogen (secondary N) is 3. The number of pyridine rings is 1. The van der Waals surface area contributed by atoms with Crippen LogP contribution in [0.15, 0.2) is 115 Å². The van der Waals surface area contributed by atoms with E-state index in [9.17, 15) is 9.18 Å². The van der Waals surface area contributed by atoms with Crippen LogP contribution in [-0.4, -0.2) is 23.0 Å². The predicted molar refractivity (Wildman–Crippen MR) is 143 cm³/mol. The first-order valence-corrected chi connectivity index (χ1v) is 12.1. The van der Waals surface area contributed by atoms with E-state index in [4.69, 9.17) is 4.74 Å². The van der Waals surface area contributed by atoms with Crippen LogP contribution in [-0.2, 0) is 4.79 Å². The Morgan fingerprint density at radius 2 is 1.58 bits per heavy atom. The van der Waals surface area contributed by atoms with Crippen LogP contribution in [0, 0.1) is 5.95 Å². The molecule has 1 amide bonds. The molecule has 1 aromatic heterocycles. The summed E-state index contributed by atoms with van der Waals surface area (Å²) in [6.45, 7) is 0. The molecule has 0 aliphatic carbocycles. The van der Waals surface area contributed by atoms with Gasteiger partial charge in [-0.2, -0.15) is 4.39 Å². The van der Waals surface area contributed by atoms with Gasteiger partial charge >= 0.3 is 0 Å². The predicted octanol–water partition coefficient (Wildman–Crippen LogP) is 5.07. The summed E-state index contributed by atoms with van der Waals surface area (Å²) < 4.78 is 19.2. The lowest BCUT2D eigenvalue weighted by Gasteiger charge is -2.31. The van der Waals surface area contributed by atoms with Gasteiger partial charge in [0.2, 0.25) is 5.95 Å². The van der Waals surface area contributed by atoms with Crippen LogP contribution >= 0.6 is 0 Å². The first-order chi connectivity index (χ1) is 18.6. The van der Waals surface area contributed by atoms with Crippen molar-refractivity contribution in [3.05, 3.63) is 137 Å². The fourth-order valence-electron chi connectivity index (χ4n) is 4.73. The number of nitrogens with zero attached hydrogens (tertiary/aromatic N) is 2. The molecule has 0 radical (unpaired) electrons. The lowest BCUT2D eigenvalue weighted by molar-refractivity contribution is -0.126. The van der Waals surface area contributed by atoms with Crippen molar-refractivity contribution in [1.82, 2.24) is 20.7 Å². The molecule has 3 heterocycles. The summed E-state index contributed by atoms with van der Waals surface area (Å²) in [5, 5.41) is 8.13. The fourth-order valence-corrected chi connectivity index (χ4v) is 4.73. The van der Waals surface area contributed by atoms with E-state index in [0.717, 1.165) is 16.7 Å². The van der Waals surface area contributed by atoms with Crippen LogP contribution in [0.3, 0.4) is 0 Å². The highest BCUT2D eigenvalue weighted by Crippen LogP contribution is 2.41. The summed E-state index contributed by atoms with van der Waals surface area (Å²) in [5.41, 5.74) is 7.32. The van der Waals surface area contributed by atoms with Gasteiger partial charge in [-0.1, -0.05) is 78.9 Å². The van der Waals surface area contributed by atoms with Gasteiger partial charge in [0.25, 0.3) is 5.91 Å². The average molecular weight is 506 g/mol. The minimum absolute atomic E-state index is 0.269. The van der Waals surface area contributed by atoms with Crippen LogP contribution in [0.4, 0.5) is 10.2 Å². The maximum atomic E-state index is 14.1. The van der Waals surface area contributed by atoms with Gasteiger partial charge in [-0.05, 0) is 41.0 Å². The number of carbonyl (C=O) groups is 1. The third kappa shape index (κ3) is 4.27. The molecule has 3 N–H and O–H groups in total. The van der Waals surface area contributed by atoms with E-state index in [-0.39, 0.29) is 17.8 Å². The van der Waals surface area contributed by atoms with Crippen LogP contribution < -0.4 is 20.8 Å². The monoisotopic (exact) mass is 505 g/mol. The molecule has 188 valence electrons. The van der Waals surface area contributed by atoms with E-state index in [1.807, 2.05) is 72.8 Å². The van der Waals surface area contributed by atoms with Gasteiger partial charge in [0, 0.05) is 5.57 Å². The third-order valence-corrected chi connectivity index (χ3v) is 6.50. The van der Waals surface area contributed by atoms with Crippen molar-refractivity contribution >= 4 is 22.9 Å². The molecule has 0 spiro atoms. The number of carbonyl (C=O) groups excluding carboxylic acids is 1. The van der Waals surface area contributed by atoms with E-state index < -0.39 is 5.95 Å². The normalized spacial score (nSPS) is 16.8. The molecule has 38 heavy (non-hydrogen) atoms. The van der Waals surface area contributed by atoms with Crippen LogP contribution in [0.5, 0.6) is 5.75 Å². The molecule has 4 aromatic rings. The van der Waals surface area contributed by atoms with E-state index in [2.05, 4.69) is 21.0 Å². The van der Waals surface area contributed by atoms with E-state index >= 15 is 0 Å². The number of hydrogen-bond acceptors (Lipinski definition) is 6. The minimum atomic E-state index is -0.624. The van der Waals surface area contributed by atoms with E-state index in [1.54, 1.807) is 36.4 Å². The number of benzene rings is 3. The van der Waals surface area contributed by atoms with Crippen LogP contribution in [0.1, 0.15) is 22.7 Å². The summed E-state index contributed by atoms with van der Waals surface area (Å²) in [5.74, 6) is 1.03. The maximum Gasteiger partial charge on any atom is 0.278 e. The molecular weight excluding hydrogens is 481 g/mol. The third-order valence-electron chi connectivity index (χ3n) is 6.50. The van der Waals surface area contributed by atoms with Crippen molar-refractivity contribution in [2.75, 3.05) is 12.4 Å². The highest BCUT2D eigenvalue weighted by atomic mass is 19.1. The van der Waals surface area contributed by atoms with Gasteiger partial charge in [-0.25, -0.2) is 15.4 Å². The van der Waals surface area contributed by atoms with Gasteiger partial charge in [0.1, 0.15) is 23.2 Å². The Morgan fingerprint density at radius 1 is 0.868 bits per heavy atom. The Bertz CT molecular complexity index is 1550. The van der Waals surface area contributed by atoms with Gasteiger partial charge < -0.3 is 15.4 Å². The van der Waals surface area contributed by atoms with Crippen LogP contribution in [0.25, 0.3) is 11.1 Å². The molecule has 2 aliphatic rings. The Kier molecular flexibility index (Phi) is 6.07. The zero-order chi connectivity index (χ0) is 26.1. The zero-order valence-electron chi connectivity index (χ0n) is 20.5. The largest absolute Gasteiger partial charge is 0.497 e. The van der Waals surface area contributed by atoms with Crippen molar-refractivity contribution in [2.45, 2.75) is 6.04 Å². The number of methoxy groups -OCH3 is 1. The Balaban J connectivity index is 1.52. The summed E-state index contributed by atoms with van der Waals surface area (Å²) in [4.78, 5) is 18.1. The Labute approximate surface area is 219 Å². The number of anilines is 1.